The summed E-state index contributed by atoms with van der Waals surface area (Å²) in [5, 5.41) is 0. The van der Waals surface area contributed by atoms with Crippen molar-refractivity contribution in [3.05, 3.63) is 66.7 Å². The van der Waals surface area contributed by atoms with Crippen molar-refractivity contribution >= 4 is 5.52 Å². The van der Waals surface area contributed by atoms with Gasteiger partial charge in [-0.3, -0.25) is 0 Å². The van der Waals surface area contributed by atoms with Crippen molar-refractivity contribution in [2.24, 2.45) is 0 Å². The summed E-state index contributed by atoms with van der Waals surface area (Å²) in [6.07, 6.45) is 3.79. The predicted octanol–water partition coefficient (Wildman–Crippen LogP) is 3.75. The molecule has 0 aliphatic heterocycles. The van der Waals surface area contributed by atoms with E-state index < -0.39 is 0 Å². The summed E-state index contributed by atoms with van der Waals surface area (Å²) in [6.45, 7) is 0. The van der Waals surface area contributed by atoms with Crippen LogP contribution < -0.4 is 0 Å². The molecule has 0 spiro atoms. The first-order valence-electron chi connectivity index (χ1n) is 5.16. The molecule has 0 amide bonds. The Morgan fingerprint density at radius 3 is 2.44 bits per heavy atom. The lowest BCUT2D eigenvalue weighted by molar-refractivity contribution is 0.633. The van der Waals surface area contributed by atoms with Gasteiger partial charge in [-0.15, -0.1) is 0 Å². The quantitative estimate of drug-likeness (QED) is 0.577. The maximum Gasteiger partial charge on any atom is 0.147 e. The van der Waals surface area contributed by atoms with Gasteiger partial charge in [0, 0.05) is 18.0 Å². The van der Waals surface area contributed by atoms with Gasteiger partial charge in [-0.1, -0.05) is 30.3 Å². The number of aromatic nitrogens is 1. The molecule has 16 heavy (non-hydrogen) atoms. The highest BCUT2D eigenvalue weighted by atomic mass is 19.1. The van der Waals surface area contributed by atoms with Gasteiger partial charge in [0.1, 0.15) is 5.82 Å². The van der Waals surface area contributed by atoms with E-state index in [0.29, 0.717) is 5.52 Å². The van der Waals surface area contributed by atoms with Gasteiger partial charge >= 0.3 is 0 Å². The van der Waals surface area contributed by atoms with Crippen molar-refractivity contribution in [3.63, 3.8) is 0 Å². The molecule has 2 aromatic heterocycles. The highest BCUT2D eigenvalue weighted by Gasteiger charge is 2.04. The average Bonchev–Trinajstić information content (AvgIpc) is 2.76. The fourth-order valence-corrected chi connectivity index (χ4v) is 1.89. The Hall–Kier alpha value is -2.09. The number of pyridine rings is 1. The summed E-state index contributed by atoms with van der Waals surface area (Å²) in [4.78, 5) is 0. The lowest BCUT2D eigenvalue weighted by Crippen LogP contribution is -1.82. The smallest absolute Gasteiger partial charge is 0.147 e. The van der Waals surface area contributed by atoms with Crippen LogP contribution in [0, 0.1) is 5.82 Å². The molecule has 2 heterocycles. The summed E-state index contributed by atoms with van der Waals surface area (Å²) < 4.78 is 15.3. The molecule has 3 rings (SSSR count). The first-order valence-corrected chi connectivity index (χ1v) is 5.16. The normalized spacial score (nSPS) is 10.8. The van der Waals surface area contributed by atoms with Crippen LogP contribution in [0.3, 0.4) is 0 Å². The van der Waals surface area contributed by atoms with Crippen molar-refractivity contribution < 1.29 is 4.39 Å². The highest BCUT2D eigenvalue weighted by molar-refractivity contribution is 5.70. The van der Waals surface area contributed by atoms with E-state index in [0.717, 1.165) is 11.1 Å². The van der Waals surface area contributed by atoms with E-state index in [1.165, 1.54) is 6.07 Å². The van der Waals surface area contributed by atoms with Gasteiger partial charge in [0.15, 0.2) is 0 Å². The Morgan fingerprint density at radius 2 is 1.69 bits per heavy atom. The molecular formula is C14H10FN. The third-order valence-corrected chi connectivity index (χ3v) is 2.69. The second-order valence-electron chi connectivity index (χ2n) is 3.74. The molecule has 0 N–H and O–H groups in total. The largest absolute Gasteiger partial charge is 0.321 e. The number of hydrogen-bond acceptors (Lipinski definition) is 0. The van der Waals surface area contributed by atoms with Crippen molar-refractivity contribution in [2.45, 2.75) is 0 Å². The topological polar surface area (TPSA) is 4.41 Å². The summed E-state index contributed by atoms with van der Waals surface area (Å²) in [5.74, 6) is -0.190. The summed E-state index contributed by atoms with van der Waals surface area (Å²) in [5.41, 5.74) is 2.75. The molecular weight excluding hydrogens is 201 g/mol. The zero-order chi connectivity index (χ0) is 11.0. The third kappa shape index (κ3) is 1.39. The molecule has 0 saturated carbocycles. The molecule has 3 aromatic rings. The number of rotatable bonds is 1. The van der Waals surface area contributed by atoms with Gasteiger partial charge < -0.3 is 4.40 Å². The van der Waals surface area contributed by atoms with Crippen LogP contribution in [0.1, 0.15) is 0 Å². The van der Waals surface area contributed by atoms with Gasteiger partial charge in [0.05, 0.1) is 5.52 Å². The standard InChI is InChI=1S/C14H10FN/c15-13-7-4-8-16-10-12(9-14(13)16)11-5-2-1-3-6-11/h1-10H. The SMILES string of the molecule is Fc1cccn2cc(-c3ccccc3)cc12. The van der Waals surface area contributed by atoms with E-state index >= 15 is 0 Å². The molecule has 78 valence electrons. The van der Waals surface area contributed by atoms with E-state index in [9.17, 15) is 4.39 Å². The summed E-state index contributed by atoms with van der Waals surface area (Å²) in [7, 11) is 0. The molecule has 1 nitrogen and oxygen atoms in total. The van der Waals surface area contributed by atoms with E-state index in [-0.39, 0.29) is 5.82 Å². The van der Waals surface area contributed by atoms with Crippen LogP contribution in [-0.2, 0) is 0 Å². The lowest BCUT2D eigenvalue weighted by Gasteiger charge is -1.94. The zero-order valence-electron chi connectivity index (χ0n) is 8.60. The second kappa shape index (κ2) is 3.49. The minimum absolute atomic E-state index is 0.190. The van der Waals surface area contributed by atoms with E-state index in [2.05, 4.69) is 0 Å². The minimum atomic E-state index is -0.190. The van der Waals surface area contributed by atoms with Gasteiger partial charge in [-0.05, 0) is 23.8 Å². The lowest BCUT2D eigenvalue weighted by atomic mass is 10.1. The summed E-state index contributed by atoms with van der Waals surface area (Å²) in [6, 6.07) is 15.0. The van der Waals surface area contributed by atoms with Gasteiger partial charge in [-0.2, -0.15) is 0 Å². The fraction of sp³-hybridized carbons (Fsp3) is 0. The Morgan fingerprint density at radius 1 is 0.875 bits per heavy atom. The minimum Gasteiger partial charge on any atom is -0.321 e. The first kappa shape index (κ1) is 9.16. The zero-order valence-corrected chi connectivity index (χ0v) is 8.60. The maximum absolute atomic E-state index is 13.5. The van der Waals surface area contributed by atoms with Crippen molar-refractivity contribution in [3.8, 4) is 11.1 Å². The molecule has 0 atom stereocenters. The van der Waals surface area contributed by atoms with Crippen LogP contribution in [0.2, 0.25) is 0 Å². The van der Waals surface area contributed by atoms with Crippen molar-refractivity contribution in [1.29, 1.82) is 0 Å². The van der Waals surface area contributed by atoms with Crippen molar-refractivity contribution in [1.82, 2.24) is 4.40 Å². The fourth-order valence-electron chi connectivity index (χ4n) is 1.89. The molecule has 0 saturated heterocycles. The monoisotopic (exact) mass is 211 g/mol. The molecule has 0 fully saturated rings. The third-order valence-electron chi connectivity index (χ3n) is 2.69. The number of halogens is 1. The maximum atomic E-state index is 13.5. The number of nitrogens with zero attached hydrogens (tertiary/aromatic N) is 1. The molecule has 0 unspecified atom stereocenters. The van der Waals surface area contributed by atoms with Crippen molar-refractivity contribution in [2.75, 3.05) is 0 Å². The molecule has 1 aromatic carbocycles. The summed E-state index contributed by atoms with van der Waals surface area (Å²) >= 11 is 0. The van der Waals surface area contributed by atoms with Gasteiger partial charge in [0.2, 0.25) is 0 Å². The molecule has 0 radical (unpaired) electrons. The van der Waals surface area contributed by atoms with Crippen LogP contribution in [-0.4, -0.2) is 4.40 Å². The van der Waals surface area contributed by atoms with Crippen LogP contribution in [0.4, 0.5) is 4.39 Å². The highest BCUT2D eigenvalue weighted by Crippen LogP contribution is 2.23. The van der Waals surface area contributed by atoms with Crippen LogP contribution >= 0.6 is 0 Å². The molecule has 2 heteroatoms. The van der Waals surface area contributed by atoms with Crippen LogP contribution in [0.25, 0.3) is 16.6 Å². The van der Waals surface area contributed by atoms with Gasteiger partial charge in [-0.25, -0.2) is 4.39 Å². The average molecular weight is 211 g/mol. The number of hydrogen-bond donors (Lipinski definition) is 0. The molecule has 0 aliphatic rings. The van der Waals surface area contributed by atoms with E-state index in [4.69, 9.17) is 0 Å². The van der Waals surface area contributed by atoms with Crippen LogP contribution in [0.15, 0.2) is 60.9 Å². The molecule has 0 bridgehead atoms. The van der Waals surface area contributed by atoms with Gasteiger partial charge in [0.25, 0.3) is 0 Å². The Balaban J connectivity index is 2.23. The van der Waals surface area contributed by atoms with E-state index in [1.807, 2.05) is 48.8 Å². The van der Waals surface area contributed by atoms with E-state index in [1.54, 1.807) is 10.5 Å². The number of fused-ring (bicyclic) bond motifs is 1. The number of benzene rings is 1. The second-order valence-corrected chi connectivity index (χ2v) is 3.74. The Kier molecular flexibility index (Phi) is 2.00. The predicted molar refractivity (Wildman–Crippen MR) is 62.8 cm³/mol. The Labute approximate surface area is 92.8 Å². The first-order chi connectivity index (χ1) is 7.84. The Bertz CT molecular complexity index is 626. The molecule has 0 aliphatic carbocycles. The van der Waals surface area contributed by atoms with Crippen LogP contribution in [0.5, 0.6) is 0 Å².